The summed E-state index contributed by atoms with van der Waals surface area (Å²) >= 11 is 5.65. The topological polar surface area (TPSA) is 26.0 Å². The van der Waals surface area contributed by atoms with Crippen LogP contribution in [-0.2, 0) is 0 Å². The molecular formula is C9H11Cl2F2N. The first kappa shape index (κ1) is 13.6. The molecule has 0 aliphatic rings. The number of rotatable bonds is 3. The number of hydrogen-bond donors (Lipinski definition) is 1. The van der Waals surface area contributed by atoms with Gasteiger partial charge in [0.25, 0.3) is 0 Å². The molecule has 14 heavy (non-hydrogen) atoms. The number of nitrogens with two attached hydrogens (primary N) is 1. The van der Waals surface area contributed by atoms with Gasteiger partial charge in [0, 0.05) is 16.6 Å². The van der Waals surface area contributed by atoms with Gasteiger partial charge in [-0.1, -0.05) is 11.6 Å². The van der Waals surface area contributed by atoms with Crippen LogP contribution in [-0.4, -0.2) is 6.67 Å². The van der Waals surface area contributed by atoms with Crippen LogP contribution in [0.2, 0.25) is 5.02 Å². The molecule has 5 heteroatoms. The zero-order valence-corrected chi connectivity index (χ0v) is 8.92. The van der Waals surface area contributed by atoms with Crippen LogP contribution in [0.1, 0.15) is 18.0 Å². The van der Waals surface area contributed by atoms with Gasteiger partial charge in [0.1, 0.15) is 5.82 Å². The highest BCUT2D eigenvalue weighted by atomic mass is 35.5. The Labute approximate surface area is 92.7 Å². The Morgan fingerprint density at radius 3 is 2.64 bits per heavy atom. The summed E-state index contributed by atoms with van der Waals surface area (Å²) in [5.41, 5.74) is 5.81. The second-order valence-corrected chi connectivity index (χ2v) is 3.19. The van der Waals surface area contributed by atoms with Crippen molar-refractivity contribution in [1.82, 2.24) is 0 Å². The van der Waals surface area contributed by atoms with Crippen LogP contribution in [0, 0.1) is 5.82 Å². The van der Waals surface area contributed by atoms with Gasteiger partial charge in [-0.15, -0.1) is 12.4 Å². The lowest BCUT2D eigenvalue weighted by Crippen LogP contribution is -2.12. The van der Waals surface area contributed by atoms with E-state index in [4.69, 9.17) is 17.3 Å². The summed E-state index contributed by atoms with van der Waals surface area (Å²) in [6.07, 6.45) is 0.108. The summed E-state index contributed by atoms with van der Waals surface area (Å²) in [6, 6.07) is 3.47. The highest BCUT2D eigenvalue weighted by molar-refractivity contribution is 6.30. The van der Waals surface area contributed by atoms with E-state index in [1.165, 1.54) is 18.2 Å². The molecule has 1 aromatic carbocycles. The minimum atomic E-state index is -0.622. The maximum atomic E-state index is 13.1. The standard InChI is InChI=1S/C9H10ClF2N.ClH/c10-6-1-2-8(12)7(5-6)9(13)3-4-11;/h1-2,5,9H,3-4,13H2;1H/t9-;/m1./s1. The zero-order valence-electron chi connectivity index (χ0n) is 7.34. The van der Waals surface area contributed by atoms with Crippen LogP contribution in [0.4, 0.5) is 8.78 Å². The second-order valence-electron chi connectivity index (χ2n) is 2.75. The van der Waals surface area contributed by atoms with E-state index >= 15 is 0 Å². The Kier molecular flexibility index (Phi) is 6.00. The molecule has 0 radical (unpaired) electrons. The van der Waals surface area contributed by atoms with E-state index in [1.807, 2.05) is 0 Å². The molecule has 0 unspecified atom stereocenters. The van der Waals surface area contributed by atoms with Crippen molar-refractivity contribution in [1.29, 1.82) is 0 Å². The molecule has 0 saturated carbocycles. The van der Waals surface area contributed by atoms with Crippen LogP contribution in [0.25, 0.3) is 0 Å². The maximum Gasteiger partial charge on any atom is 0.128 e. The van der Waals surface area contributed by atoms with Gasteiger partial charge in [0.05, 0.1) is 6.67 Å². The number of benzene rings is 1. The Bertz CT molecular complexity index is 294. The van der Waals surface area contributed by atoms with Gasteiger partial charge in [-0.25, -0.2) is 4.39 Å². The average Bonchev–Trinajstić information content (AvgIpc) is 2.09. The summed E-state index contributed by atoms with van der Waals surface area (Å²) in [7, 11) is 0. The SMILES string of the molecule is Cl.N[C@H](CCF)c1cc(Cl)ccc1F. The van der Waals surface area contributed by atoms with E-state index in [0.29, 0.717) is 5.02 Å². The predicted molar refractivity (Wildman–Crippen MR) is 56.2 cm³/mol. The fourth-order valence-electron chi connectivity index (χ4n) is 1.07. The lowest BCUT2D eigenvalue weighted by molar-refractivity contribution is 0.435. The van der Waals surface area contributed by atoms with Crippen LogP contribution >= 0.6 is 24.0 Å². The first-order valence-electron chi connectivity index (χ1n) is 3.91. The minimum Gasteiger partial charge on any atom is -0.324 e. The molecule has 0 amide bonds. The van der Waals surface area contributed by atoms with Crippen LogP contribution in [0.3, 0.4) is 0 Å². The number of halogens is 4. The largest absolute Gasteiger partial charge is 0.324 e. The average molecular weight is 242 g/mol. The van der Waals surface area contributed by atoms with E-state index in [2.05, 4.69) is 0 Å². The predicted octanol–water partition coefficient (Wildman–Crippen LogP) is 3.26. The summed E-state index contributed by atoms with van der Waals surface area (Å²) in [5.74, 6) is -0.439. The van der Waals surface area contributed by atoms with Crippen LogP contribution in [0.5, 0.6) is 0 Å². The molecule has 1 rings (SSSR count). The third-order valence-electron chi connectivity index (χ3n) is 1.78. The zero-order chi connectivity index (χ0) is 9.84. The van der Waals surface area contributed by atoms with Crippen molar-refractivity contribution in [2.75, 3.05) is 6.67 Å². The van der Waals surface area contributed by atoms with E-state index < -0.39 is 18.5 Å². The molecule has 1 atom stereocenters. The molecule has 0 aliphatic heterocycles. The van der Waals surface area contributed by atoms with E-state index in [1.54, 1.807) is 0 Å². The van der Waals surface area contributed by atoms with Crippen molar-refractivity contribution < 1.29 is 8.78 Å². The fraction of sp³-hybridized carbons (Fsp3) is 0.333. The Hall–Kier alpha value is -0.380. The summed E-state index contributed by atoms with van der Waals surface area (Å²) in [6.45, 7) is -0.562. The molecule has 0 saturated heterocycles. The molecule has 0 spiro atoms. The first-order chi connectivity index (χ1) is 6.15. The lowest BCUT2D eigenvalue weighted by Gasteiger charge is -2.10. The van der Waals surface area contributed by atoms with Gasteiger partial charge >= 0.3 is 0 Å². The van der Waals surface area contributed by atoms with Gasteiger partial charge in [-0.3, -0.25) is 4.39 Å². The van der Waals surface area contributed by atoms with Gasteiger partial charge in [-0.2, -0.15) is 0 Å². The Morgan fingerprint density at radius 2 is 2.07 bits per heavy atom. The number of hydrogen-bond acceptors (Lipinski definition) is 1. The van der Waals surface area contributed by atoms with Gasteiger partial charge in [0.15, 0.2) is 0 Å². The molecule has 0 fully saturated rings. The molecule has 0 aliphatic carbocycles. The molecule has 1 nitrogen and oxygen atoms in total. The lowest BCUT2D eigenvalue weighted by atomic mass is 10.0. The molecule has 2 N–H and O–H groups in total. The van der Waals surface area contributed by atoms with E-state index in [9.17, 15) is 8.78 Å². The first-order valence-corrected chi connectivity index (χ1v) is 4.29. The highest BCUT2D eigenvalue weighted by Gasteiger charge is 2.11. The van der Waals surface area contributed by atoms with Gasteiger partial charge in [-0.05, 0) is 24.6 Å². The van der Waals surface area contributed by atoms with Crippen LogP contribution in [0.15, 0.2) is 18.2 Å². The van der Waals surface area contributed by atoms with E-state index in [0.717, 1.165) is 0 Å². The molecule has 1 aromatic rings. The molecule has 0 bridgehead atoms. The smallest absolute Gasteiger partial charge is 0.128 e. The minimum absolute atomic E-state index is 0. The van der Waals surface area contributed by atoms with E-state index in [-0.39, 0.29) is 24.4 Å². The van der Waals surface area contributed by atoms with Crippen molar-refractivity contribution in [3.8, 4) is 0 Å². The summed E-state index contributed by atoms with van der Waals surface area (Å²) < 4.78 is 25.0. The van der Waals surface area contributed by atoms with Crippen molar-refractivity contribution in [2.45, 2.75) is 12.5 Å². The third kappa shape index (κ3) is 3.40. The normalized spacial score (nSPS) is 12.0. The maximum absolute atomic E-state index is 13.1. The molecule has 0 aromatic heterocycles. The quantitative estimate of drug-likeness (QED) is 0.864. The van der Waals surface area contributed by atoms with Crippen molar-refractivity contribution in [3.63, 3.8) is 0 Å². The third-order valence-corrected chi connectivity index (χ3v) is 2.01. The Morgan fingerprint density at radius 1 is 1.43 bits per heavy atom. The molecular weight excluding hydrogens is 231 g/mol. The van der Waals surface area contributed by atoms with Crippen molar-refractivity contribution in [3.05, 3.63) is 34.6 Å². The number of alkyl halides is 1. The highest BCUT2D eigenvalue weighted by Crippen LogP contribution is 2.21. The van der Waals surface area contributed by atoms with Gasteiger partial charge < -0.3 is 5.73 Å². The fourth-order valence-corrected chi connectivity index (χ4v) is 1.25. The summed E-state index contributed by atoms with van der Waals surface area (Å²) in [4.78, 5) is 0. The Balaban J connectivity index is 0.00000169. The van der Waals surface area contributed by atoms with Gasteiger partial charge in [0.2, 0.25) is 0 Å². The monoisotopic (exact) mass is 241 g/mol. The molecule has 0 heterocycles. The van der Waals surface area contributed by atoms with Crippen LogP contribution < -0.4 is 5.73 Å². The van der Waals surface area contributed by atoms with Crippen molar-refractivity contribution >= 4 is 24.0 Å². The summed E-state index contributed by atoms with van der Waals surface area (Å²) in [5, 5.41) is 0.408. The second kappa shape index (κ2) is 6.17. The molecule has 80 valence electrons. The van der Waals surface area contributed by atoms with Crippen molar-refractivity contribution in [2.24, 2.45) is 5.73 Å².